The first-order valence-corrected chi connectivity index (χ1v) is 10.6. The lowest BCUT2D eigenvalue weighted by Crippen LogP contribution is -2.36. The predicted molar refractivity (Wildman–Crippen MR) is 120 cm³/mol. The van der Waals surface area contributed by atoms with E-state index in [-0.39, 0.29) is 11.3 Å². The first-order valence-electron chi connectivity index (χ1n) is 10.6. The molecule has 0 saturated carbocycles. The van der Waals surface area contributed by atoms with E-state index in [1.54, 1.807) is 0 Å². The van der Waals surface area contributed by atoms with E-state index in [1.165, 1.54) is 11.1 Å². The van der Waals surface area contributed by atoms with E-state index in [9.17, 15) is 4.79 Å². The monoisotopic (exact) mass is 389 g/mol. The summed E-state index contributed by atoms with van der Waals surface area (Å²) in [4.78, 5) is 15.9. The number of H-pyrrole nitrogens is 1. The molecule has 0 atom stereocenters. The van der Waals surface area contributed by atoms with Gasteiger partial charge >= 0.3 is 0 Å². The Morgan fingerprint density at radius 3 is 2.38 bits per heavy atom. The van der Waals surface area contributed by atoms with Gasteiger partial charge in [-0.2, -0.15) is 0 Å². The maximum Gasteiger partial charge on any atom is 0.267 e. The molecule has 1 aromatic heterocycles. The summed E-state index contributed by atoms with van der Waals surface area (Å²) in [6.07, 6.45) is 2.26. The molecular weight excluding hydrogens is 358 g/mol. The van der Waals surface area contributed by atoms with Gasteiger partial charge in [-0.05, 0) is 66.1 Å². The van der Waals surface area contributed by atoms with Crippen LogP contribution >= 0.6 is 0 Å². The number of benzene rings is 2. The minimum Gasteiger partial charge on any atom is -0.351 e. The molecule has 4 nitrogen and oxygen atoms in total. The smallest absolute Gasteiger partial charge is 0.267 e. The van der Waals surface area contributed by atoms with Crippen LogP contribution in [0.4, 0.5) is 0 Å². The van der Waals surface area contributed by atoms with E-state index >= 15 is 0 Å². The van der Waals surface area contributed by atoms with Gasteiger partial charge in [0.25, 0.3) is 5.91 Å². The van der Waals surface area contributed by atoms with Gasteiger partial charge in [0.2, 0.25) is 0 Å². The van der Waals surface area contributed by atoms with Gasteiger partial charge < -0.3 is 15.6 Å². The van der Waals surface area contributed by atoms with Crippen LogP contribution in [0.25, 0.3) is 22.0 Å². The molecule has 4 rings (SSSR count). The minimum atomic E-state index is -0.0178. The summed E-state index contributed by atoms with van der Waals surface area (Å²) in [6, 6.07) is 17.0. The maximum absolute atomic E-state index is 12.6. The molecule has 0 aliphatic carbocycles. The highest BCUT2D eigenvalue weighted by molar-refractivity contribution is 5.98. The van der Waals surface area contributed by atoms with E-state index in [2.05, 4.69) is 78.9 Å². The zero-order valence-corrected chi connectivity index (χ0v) is 17.6. The van der Waals surface area contributed by atoms with Crippen molar-refractivity contribution in [1.29, 1.82) is 0 Å². The second kappa shape index (κ2) is 8.03. The highest BCUT2D eigenvalue weighted by atomic mass is 16.1. The molecule has 3 N–H and O–H groups in total. The molecule has 1 fully saturated rings. The molecule has 2 aromatic carbocycles. The lowest BCUT2D eigenvalue weighted by atomic mass is 9.86. The Kier molecular flexibility index (Phi) is 5.46. The average Bonchev–Trinajstić information content (AvgIpc) is 3.16. The molecule has 152 valence electrons. The van der Waals surface area contributed by atoms with Crippen LogP contribution in [-0.2, 0) is 5.41 Å². The lowest BCUT2D eigenvalue weighted by Gasteiger charge is -2.22. The third kappa shape index (κ3) is 4.54. The van der Waals surface area contributed by atoms with Crippen LogP contribution in [0.15, 0.2) is 48.5 Å². The topological polar surface area (TPSA) is 56.9 Å². The summed E-state index contributed by atoms with van der Waals surface area (Å²) in [5.74, 6) is 0.558. The Hall–Kier alpha value is -2.59. The van der Waals surface area contributed by atoms with E-state index in [4.69, 9.17) is 0 Å². The molecule has 2 heterocycles. The van der Waals surface area contributed by atoms with Crippen LogP contribution in [0.3, 0.4) is 0 Å². The number of fused-ring (bicyclic) bond motifs is 1. The second-order valence-corrected chi connectivity index (χ2v) is 9.22. The van der Waals surface area contributed by atoms with E-state index in [0.29, 0.717) is 11.6 Å². The SMILES string of the molecule is CC(C)(C)c1ccc(-c2ccc3cc(C(=O)NCC4CCNCC4)[nH]c3c2)cc1. The molecule has 1 aliphatic heterocycles. The van der Waals surface area contributed by atoms with Crippen molar-refractivity contribution in [1.82, 2.24) is 15.6 Å². The molecule has 0 spiro atoms. The van der Waals surface area contributed by atoms with Crippen LogP contribution in [0.5, 0.6) is 0 Å². The van der Waals surface area contributed by atoms with Crippen molar-refractivity contribution in [2.24, 2.45) is 5.92 Å². The zero-order valence-electron chi connectivity index (χ0n) is 17.6. The molecule has 4 heteroatoms. The molecule has 3 aromatic rings. The van der Waals surface area contributed by atoms with E-state index in [1.807, 2.05) is 6.07 Å². The fourth-order valence-corrected chi connectivity index (χ4v) is 4.01. The molecule has 1 amide bonds. The third-order valence-electron chi connectivity index (χ3n) is 5.96. The summed E-state index contributed by atoms with van der Waals surface area (Å²) in [5.41, 5.74) is 5.45. The third-order valence-corrected chi connectivity index (χ3v) is 5.96. The average molecular weight is 390 g/mol. The molecule has 1 saturated heterocycles. The fourth-order valence-electron chi connectivity index (χ4n) is 4.01. The van der Waals surface area contributed by atoms with Gasteiger partial charge in [0.15, 0.2) is 0 Å². The number of piperidine rings is 1. The number of carbonyl (C=O) groups is 1. The van der Waals surface area contributed by atoms with Crippen molar-refractivity contribution in [3.05, 3.63) is 59.8 Å². The number of rotatable bonds is 4. The van der Waals surface area contributed by atoms with Crippen LogP contribution in [0.2, 0.25) is 0 Å². The van der Waals surface area contributed by atoms with Crippen LogP contribution in [0, 0.1) is 5.92 Å². The van der Waals surface area contributed by atoms with Crippen LogP contribution < -0.4 is 10.6 Å². The molecule has 1 aliphatic rings. The maximum atomic E-state index is 12.6. The van der Waals surface area contributed by atoms with Crippen molar-refractivity contribution in [2.45, 2.75) is 39.0 Å². The molecule has 0 unspecified atom stereocenters. The molecular formula is C25H31N3O. The Morgan fingerprint density at radius 2 is 1.69 bits per heavy atom. The summed E-state index contributed by atoms with van der Waals surface area (Å²) >= 11 is 0. The molecule has 29 heavy (non-hydrogen) atoms. The van der Waals surface area contributed by atoms with Gasteiger partial charge in [-0.3, -0.25) is 4.79 Å². The summed E-state index contributed by atoms with van der Waals surface area (Å²) in [7, 11) is 0. The van der Waals surface area contributed by atoms with Gasteiger partial charge in [-0.1, -0.05) is 57.2 Å². The highest BCUT2D eigenvalue weighted by Gasteiger charge is 2.16. The zero-order chi connectivity index (χ0) is 20.4. The number of hydrogen-bond donors (Lipinski definition) is 3. The Balaban J connectivity index is 1.49. The first kappa shape index (κ1) is 19.7. The van der Waals surface area contributed by atoms with Gasteiger partial charge in [0.05, 0.1) is 0 Å². The number of carbonyl (C=O) groups excluding carboxylic acids is 1. The summed E-state index contributed by atoms with van der Waals surface area (Å²) in [5, 5.41) is 7.52. The summed E-state index contributed by atoms with van der Waals surface area (Å²) < 4.78 is 0. The Morgan fingerprint density at radius 1 is 1.00 bits per heavy atom. The summed E-state index contributed by atoms with van der Waals surface area (Å²) in [6.45, 7) is 9.53. The first-order chi connectivity index (χ1) is 13.9. The van der Waals surface area contributed by atoms with Crippen molar-refractivity contribution < 1.29 is 4.79 Å². The number of amides is 1. The standard InChI is InChI=1S/C25H31N3O/c1-25(2,3)21-8-6-18(7-9-21)19-4-5-20-15-23(28-22(20)14-19)24(29)27-16-17-10-12-26-13-11-17/h4-9,14-15,17,26,28H,10-13,16H2,1-3H3,(H,27,29). The normalized spacial score (nSPS) is 15.6. The highest BCUT2D eigenvalue weighted by Crippen LogP contribution is 2.28. The lowest BCUT2D eigenvalue weighted by molar-refractivity contribution is 0.0940. The quantitative estimate of drug-likeness (QED) is 0.597. The number of hydrogen-bond acceptors (Lipinski definition) is 2. The van der Waals surface area contributed by atoms with E-state index in [0.717, 1.165) is 48.9 Å². The molecule has 0 bridgehead atoms. The van der Waals surface area contributed by atoms with E-state index < -0.39 is 0 Å². The Bertz CT molecular complexity index is 989. The molecule has 0 radical (unpaired) electrons. The van der Waals surface area contributed by atoms with Crippen molar-refractivity contribution in [3.8, 4) is 11.1 Å². The van der Waals surface area contributed by atoms with Gasteiger partial charge in [0.1, 0.15) is 5.69 Å². The second-order valence-electron chi connectivity index (χ2n) is 9.22. The largest absolute Gasteiger partial charge is 0.351 e. The Labute approximate surface area is 173 Å². The number of aromatic amines is 1. The number of aromatic nitrogens is 1. The van der Waals surface area contributed by atoms with Gasteiger partial charge in [-0.15, -0.1) is 0 Å². The van der Waals surface area contributed by atoms with Crippen LogP contribution in [-0.4, -0.2) is 30.5 Å². The van der Waals surface area contributed by atoms with Gasteiger partial charge in [0, 0.05) is 17.4 Å². The van der Waals surface area contributed by atoms with Crippen molar-refractivity contribution in [3.63, 3.8) is 0 Å². The number of nitrogens with one attached hydrogen (secondary N) is 3. The van der Waals surface area contributed by atoms with Crippen molar-refractivity contribution in [2.75, 3.05) is 19.6 Å². The predicted octanol–water partition coefficient (Wildman–Crippen LogP) is 4.86. The van der Waals surface area contributed by atoms with Crippen molar-refractivity contribution >= 4 is 16.8 Å². The van der Waals surface area contributed by atoms with Gasteiger partial charge in [-0.25, -0.2) is 0 Å². The minimum absolute atomic E-state index is 0.0178. The van der Waals surface area contributed by atoms with Crippen LogP contribution in [0.1, 0.15) is 49.7 Å². The fraction of sp³-hybridized carbons (Fsp3) is 0.400.